The monoisotopic (exact) mass is 231 g/mol. The average molecular weight is 232 g/mol. The highest BCUT2D eigenvalue weighted by Crippen LogP contribution is 2.12. The zero-order chi connectivity index (χ0) is 10.6. The Morgan fingerprint density at radius 3 is 2.86 bits per heavy atom. The molecule has 0 amide bonds. The van der Waals surface area contributed by atoms with Gasteiger partial charge in [0.1, 0.15) is 0 Å². The number of unbranched alkanes of at least 4 members (excludes halogenated alkanes) is 1. The maximum atomic E-state index is 5.87. The van der Waals surface area contributed by atoms with Gasteiger partial charge in [0.15, 0.2) is 0 Å². The van der Waals surface area contributed by atoms with Crippen molar-refractivity contribution in [3.05, 3.63) is 16.9 Å². The molecule has 0 spiro atoms. The van der Waals surface area contributed by atoms with Crippen molar-refractivity contribution >= 4 is 28.8 Å². The summed E-state index contributed by atoms with van der Waals surface area (Å²) in [5.41, 5.74) is 6.26. The predicted molar refractivity (Wildman–Crippen MR) is 62.6 cm³/mol. The molecule has 0 saturated heterocycles. The van der Waals surface area contributed by atoms with Gasteiger partial charge in [-0.2, -0.15) is 5.10 Å². The second-order valence-electron chi connectivity index (χ2n) is 3.25. The summed E-state index contributed by atoms with van der Waals surface area (Å²) in [6.45, 7) is 2.77. The van der Waals surface area contributed by atoms with E-state index in [2.05, 4.69) is 5.10 Å². The molecule has 3 nitrogen and oxygen atoms in total. The quantitative estimate of drug-likeness (QED) is 0.625. The lowest BCUT2D eigenvalue weighted by atomic mass is 10.2. The molecule has 0 radical (unpaired) electrons. The van der Waals surface area contributed by atoms with E-state index in [-0.39, 0.29) is 0 Å². The first-order chi connectivity index (χ1) is 6.59. The molecule has 1 heterocycles. The standard InChI is InChI=1S/C9H14ClN3S/c1-7-8(10)6-13(12-7)5-3-2-4-9(11)14/h6H,2-5H2,1H3,(H2,11,14). The molecule has 1 rings (SSSR count). The van der Waals surface area contributed by atoms with Crippen LogP contribution in [-0.2, 0) is 6.54 Å². The molecule has 0 atom stereocenters. The van der Waals surface area contributed by atoms with E-state index in [0.717, 1.165) is 36.5 Å². The van der Waals surface area contributed by atoms with Gasteiger partial charge in [-0.05, 0) is 26.2 Å². The topological polar surface area (TPSA) is 43.8 Å². The minimum absolute atomic E-state index is 0.583. The minimum Gasteiger partial charge on any atom is -0.393 e. The van der Waals surface area contributed by atoms with Crippen LogP contribution in [0.15, 0.2) is 6.20 Å². The Morgan fingerprint density at radius 1 is 1.64 bits per heavy atom. The molecular weight excluding hydrogens is 218 g/mol. The van der Waals surface area contributed by atoms with E-state index < -0.39 is 0 Å². The Labute approximate surface area is 94.2 Å². The van der Waals surface area contributed by atoms with E-state index >= 15 is 0 Å². The maximum Gasteiger partial charge on any atom is 0.0814 e. The highest BCUT2D eigenvalue weighted by Gasteiger charge is 2.01. The third-order valence-electron chi connectivity index (χ3n) is 1.95. The summed E-state index contributed by atoms with van der Waals surface area (Å²) in [6, 6.07) is 0. The molecule has 78 valence electrons. The molecule has 0 saturated carbocycles. The normalized spacial score (nSPS) is 10.4. The summed E-state index contributed by atoms with van der Waals surface area (Å²) in [4.78, 5) is 0.583. The largest absolute Gasteiger partial charge is 0.393 e. The number of hydrogen-bond acceptors (Lipinski definition) is 2. The lowest BCUT2D eigenvalue weighted by molar-refractivity contribution is 0.561. The molecule has 1 aromatic heterocycles. The molecule has 0 aliphatic rings. The van der Waals surface area contributed by atoms with Gasteiger partial charge in [0.2, 0.25) is 0 Å². The van der Waals surface area contributed by atoms with Gasteiger partial charge >= 0.3 is 0 Å². The van der Waals surface area contributed by atoms with Crippen molar-refractivity contribution in [1.82, 2.24) is 9.78 Å². The van der Waals surface area contributed by atoms with Crippen LogP contribution >= 0.6 is 23.8 Å². The van der Waals surface area contributed by atoms with Crippen LogP contribution < -0.4 is 5.73 Å². The number of nitrogens with two attached hydrogens (primary N) is 1. The molecular formula is C9H14ClN3S. The Hall–Kier alpha value is -0.610. The van der Waals surface area contributed by atoms with E-state index in [1.807, 2.05) is 17.8 Å². The van der Waals surface area contributed by atoms with Crippen LogP contribution in [0.1, 0.15) is 25.0 Å². The van der Waals surface area contributed by atoms with Gasteiger partial charge in [-0.25, -0.2) is 0 Å². The van der Waals surface area contributed by atoms with E-state index in [4.69, 9.17) is 29.6 Å². The van der Waals surface area contributed by atoms with Crippen molar-refractivity contribution < 1.29 is 0 Å². The van der Waals surface area contributed by atoms with Crippen LogP contribution in [0.5, 0.6) is 0 Å². The van der Waals surface area contributed by atoms with Gasteiger partial charge in [-0.3, -0.25) is 4.68 Å². The zero-order valence-electron chi connectivity index (χ0n) is 8.16. The van der Waals surface area contributed by atoms with Crippen molar-refractivity contribution in [1.29, 1.82) is 0 Å². The van der Waals surface area contributed by atoms with E-state index in [9.17, 15) is 0 Å². The first kappa shape index (κ1) is 11.5. The molecule has 5 heteroatoms. The summed E-state index contributed by atoms with van der Waals surface area (Å²) < 4.78 is 1.86. The third kappa shape index (κ3) is 3.64. The molecule has 0 aliphatic carbocycles. The molecule has 0 unspecified atom stereocenters. The zero-order valence-corrected chi connectivity index (χ0v) is 9.74. The van der Waals surface area contributed by atoms with Gasteiger partial charge in [0, 0.05) is 12.7 Å². The Balaban J connectivity index is 2.28. The summed E-state index contributed by atoms with van der Waals surface area (Å²) in [5, 5.41) is 4.97. The van der Waals surface area contributed by atoms with Crippen LogP contribution in [0.25, 0.3) is 0 Å². The highest BCUT2D eigenvalue weighted by atomic mass is 35.5. The van der Waals surface area contributed by atoms with E-state index in [1.54, 1.807) is 0 Å². The fraction of sp³-hybridized carbons (Fsp3) is 0.556. The van der Waals surface area contributed by atoms with Gasteiger partial charge in [0.25, 0.3) is 0 Å². The third-order valence-corrected chi connectivity index (χ3v) is 2.52. The minimum atomic E-state index is 0.583. The summed E-state index contributed by atoms with van der Waals surface area (Å²) >= 11 is 10.7. The lowest BCUT2D eigenvalue weighted by Gasteiger charge is -2.00. The molecule has 14 heavy (non-hydrogen) atoms. The van der Waals surface area contributed by atoms with Crippen molar-refractivity contribution in [3.63, 3.8) is 0 Å². The first-order valence-electron chi connectivity index (χ1n) is 4.57. The van der Waals surface area contributed by atoms with Gasteiger partial charge in [-0.15, -0.1) is 0 Å². The predicted octanol–water partition coefficient (Wildman–Crippen LogP) is 2.30. The lowest BCUT2D eigenvalue weighted by Crippen LogP contribution is -2.07. The van der Waals surface area contributed by atoms with Gasteiger partial charge in [-0.1, -0.05) is 23.8 Å². The molecule has 0 aromatic carbocycles. The number of nitrogens with zero attached hydrogens (tertiary/aromatic N) is 2. The molecule has 2 N–H and O–H groups in total. The maximum absolute atomic E-state index is 5.87. The van der Waals surface area contributed by atoms with Crippen molar-refractivity contribution in [2.24, 2.45) is 5.73 Å². The van der Waals surface area contributed by atoms with E-state index in [0.29, 0.717) is 4.99 Å². The Kier molecular flexibility index (Phi) is 4.35. The number of thiocarbonyl (C=S) groups is 1. The fourth-order valence-electron chi connectivity index (χ4n) is 1.18. The van der Waals surface area contributed by atoms with Crippen LogP contribution in [0.4, 0.5) is 0 Å². The fourth-order valence-corrected chi connectivity index (χ4v) is 1.48. The van der Waals surface area contributed by atoms with Crippen LogP contribution in [0.2, 0.25) is 5.02 Å². The number of hydrogen-bond donors (Lipinski definition) is 1. The summed E-state index contributed by atoms with van der Waals surface area (Å²) in [5.74, 6) is 0. The molecule has 1 aromatic rings. The number of aryl methyl sites for hydroxylation is 2. The Morgan fingerprint density at radius 2 is 2.36 bits per heavy atom. The van der Waals surface area contributed by atoms with Crippen LogP contribution in [0, 0.1) is 6.92 Å². The van der Waals surface area contributed by atoms with Crippen molar-refractivity contribution in [2.75, 3.05) is 0 Å². The average Bonchev–Trinajstić information content (AvgIpc) is 2.40. The molecule has 0 bridgehead atoms. The number of rotatable bonds is 5. The summed E-state index contributed by atoms with van der Waals surface area (Å²) in [7, 11) is 0. The van der Waals surface area contributed by atoms with Gasteiger partial charge < -0.3 is 5.73 Å². The van der Waals surface area contributed by atoms with Gasteiger partial charge in [0.05, 0.1) is 15.7 Å². The number of halogens is 1. The van der Waals surface area contributed by atoms with Crippen molar-refractivity contribution in [2.45, 2.75) is 32.7 Å². The first-order valence-corrected chi connectivity index (χ1v) is 5.36. The van der Waals surface area contributed by atoms with E-state index in [1.165, 1.54) is 0 Å². The van der Waals surface area contributed by atoms with Crippen molar-refractivity contribution in [3.8, 4) is 0 Å². The highest BCUT2D eigenvalue weighted by molar-refractivity contribution is 7.80. The number of aromatic nitrogens is 2. The Bertz CT molecular complexity index is 302. The van der Waals surface area contributed by atoms with Crippen LogP contribution in [-0.4, -0.2) is 14.8 Å². The smallest absolute Gasteiger partial charge is 0.0814 e. The second kappa shape index (κ2) is 5.32. The second-order valence-corrected chi connectivity index (χ2v) is 4.18. The van der Waals surface area contributed by atoms with Crippen LogP contribution in [0.3, 0.4) is 0 Å². The molecule has 0 fully saturated rings. The summed E-state index contributed by atoms with van der Waals surface area (Å²) in [6.07, 6.45) is 4.68. The SMILES string of the molecule is Cc1nn(CCCCC(N)=S)cc1Cl. The molecule has 0 aliphatic heterocycles.